The Labute approximate surface area is 113 Å². The summed E-state index contributed by atoms with van der Waals surface area (Å²) in [4.78, 5) is 4.47. The highest BCUT2D eigenvalue weighted by molar-refractivity contribution is 5.26. The first-order chi connectivity index (χ1) is 8.90. The van der Waals surface area contributed by atoms with Crippen LogP contribution in [-0.2, 0) is 10.3 Å². The molecule has 0 radical (unpaired) electrons. The summed E-state index contributed by atoms with van der Waals surface area (Å²) in [6.45, 7) is 10.7. The lowest BCUT2D eigenvalue weighted by molar-refractivity contribution is -0.0403. The number of hydrogen-bond donors (Lipinski definition) is 0. The number of hydrogen-bond acceptors (Lipinski definition) is 5. The highest BCUT2D eigenvalue weighted by Crippen LogP contribution is 2.63. The predicted octanol–water partition coefficient (Wildman–Crippen LogP) is 2.99. The fourth-order valence-corrected chi connectivity index (χ4v) is 2.56. The van der Waals surface area contributed by atoms with Gasteiger partial charge in [-0.3, -0.25) is 0 Å². The molecular formula is C14H21N3O2. The van der Waals surface area contributed by atoms with Gasteiger partial charge in [-0.1, -0.05) is 25.9 Å². The number of aromatic nitrogens is 2. The van der Waals surface area contributed by atoms with Crippen LogP contribution in [0.3, 0.4) is 0 Å². The minimum Gasteiger partial charge on any atom is -0.367 e. The molecular weight excluding hydrogens is 242 g/mol. The van der Waals surface area contributed by atoms with E-state index in [1.54, 1.807) is 0 Å². The highest BCUT2D eigenvalue weighted by atomic mass is 16.5. The molecule has 0 N–H and O–H groups in total. The second-order valence-electron chi connectivity index (χ2n) is 5.88. The standard InChI is InChI=1S/C14H21N3O2/c1-6-14(5,18-7-2)12-16-11(19-17-12)10-9(8-15)13(10,3)4/h9-10H,6-7H2,1-5H3. The minimum absolute atomic E-state index is 0.0409. The van der Waals surface area contributed by atoms with Gasteiger partial charge >= 0.3 is 0 Å². The summed E-state index contributed by atoms with van der Waals surface area (Å²) < 4.78 is 11.1. The molecule has 1 aliphatic rings. The predicted molar refractivity (Wildman–Crippen MR) is 69.2 cm³/mol. The molecule has 3 atom stereocenters. The summed E-state index contributed by atoms with van der Waals surface area (Å²) in [6, 6.07) is 2.31. The zero-order valence-corrected chi connectivity index (χ0v) is 12.2. The highest BCUT2D eigenvalue weighted by Gasteiger charge is 2.62. The summed E-state index contributed by atoms with van der Waals surface area (Å²) in [5.41, 5.74) is -0.593. The van der Waals surface area contributed by atoms with Crippen LogP contribution in [0.5, 0.6) is 0 Å². The van der Waals surface area contributed by atoms with E-state index in [0.29, 0.717) is 18.3 Å². The second-order valence-corrected chi connectivity index (χ2v) is 5.88. The first-order valence-corrected chi connectivity index (χ1v) is 6.78. The van der Waals surface area contributed by atoms with Gasteiger partial charge in [-0.25, -0.2) is 0 Å². The van der Waals surface area contributed by atoms with Gasteiger partial charge in [0, 0.05) is 6.61 Å². The molecule has 3 unspecified atom stereocenters. The van der Waals surface area contributed by atoms with E-state index >= 15 is 0 Å². The Bertz CT molecular complexity index is 503. The molecule has 1 aromatic heterocycles. The number of ether oxygens (including phenoxy) is 1. The van der Waals surface area contributed by atoms with Crippen molar-refractivity contribution in [3.05, 3.63) is 11.7 Å². The molecule has 0 bridgehead atoms. The molecule has 2 rings (SSSR count). The molecule has 1 saturated carbocycles. The Morgan fingerprint density at radius 1 is 1.47 bits per heavy atom. The van der Waals surface area contributed by atoms with E-state index in [2.05, 4.69) is 30.1 Å². The third-order valence-corrected chi connectivity index (χ3v) is 4.28. The normalized spacial score (nSPS) is 27.6. The van der Waals surface area contributed by atoms with Gasteiger partial charge < -0.3 is 9.26 Å². The Hall–Kier alpha value is -1.41. The Balaban J connectivity index is 2.24. The van der Waals surface area contributed by atoms with Gasteiger partial charge in [0.2, 0.25) is 11.7 Å². The summed E-state index contributed by atoms with van der Waals surface area (Å²) in [5, 5.41) is 13.2. The van der Waals surface area contributed by atoms with Crippen LogP contribution >= 0.6 is 0 Å². The van der Waals surface area contributed by atoms with Crippen molar-refractivity contribution in [1.82, 2.24) is 10.1 Å². The van der Waals surface area contributed by atoms with E-state index in [-0.39, 0.29) is 17.3 Å². The van der Waals surface area contributed by atoms with E-state index in [0.717, 1.165) is 6.42 Å². The third-order valence-electron chi connectivity index (χ3n) is 4.28. The number of rotatable bonds is 5. The molecule has 1 heterocycles. The zero-order valence-electron chi connectivity index (χ0n) is 12.2. The second kappa shape index (κ2) is 4.61. The smallest absolute Gasteiger partial charge is 0.231 e. The first kappa shape index (κ1) is 14.0. The van der Waals surface area contributed by atoms with Gasteiger partial charge in [0.15, 0.2) is 0 Å². The van der Waals surface area contributed by atoms with E-state index < -0.39 is 5.60 Å². The lowest BCUT2D eigenvalue weighted by Crippen LogP contribution is -2.26. The average Bonchev–Trinajstić information content (AvgIpc) is 2.76. The van der Waals surface area contributed by atoms with Crippen LogP contribution in [0, 0.1) is 22.7 Å². The van der Waals surface area contributed by atoms with E-state index in [1.807, 2.05) is 20.8 Å². The fourth-order valence-electron chi connectivity index (χ4n) is 2.56. The molecule has 5 heteroatoms. The van der Waals surface area contributed by atoms with Gasteiger partial charge in [-0.2, -0.15) is 10.2 Å². The Morgan fingerprint density at radius 3 is 2.63 bits per heavy atom. The molecule has 0 spiro atoms. The maximum Gasteiger partial charge on any atom is 0.231 e. The molecule has 5 nitrogen and oxygen atoms in total. The van der Waals surface area contributed by atoms with Crippen LogP contribution in [0.15, 0.2) is 4.52 Å². The topological polar surface area (TPSA) is 71.9 Å². The minimum atomic E-state index is -0.516. The van der Waals surface area contributed by atoms with Crippen molar-refractivity contribution in [1.29, 1.82) is 5.26 Å². The molecule has 0 saturated heterocycles. The molecule has 0 aliphatic heterocycles. The summed E-state index contributed by atoms with van der Waals surface area (Å²) in [7, 11) is 0. The lowest BCUT2D eigenvalue weighted by Gasteiger charge is -2.23. The largest absolute Gasteiger partial charge is 0.367 e. The van der Waals surface area contributed by atoms with E-state index in [9.17, 15) is 0 Å². The maximum atomic E-state index is 9.11. The van der Waals surface area contributed by atoms with Gasteiger partial charge in [0.25, 0.3) is 0 Å². The molecule has 1 fully saturated rings. The summed E-state index contributed by atoms with van der Waals surface area (Å²) in [6.07, 6.45) is 0.773. The summed E-state index contributed by atoms with van der Waals surface area (Å²) >= 11 is 0. The SMILES string of the molecule is CCOC(C)(CC)c1noc(C2C(C#N)C2(C)C)n1. The van der Waals surface area contributed by atoms with Crippen LogP contribution in [-0.4, -0.2) is 16.7 Å². The van der Waals surface area contributed by atoms with Gasteiger partial charge in [0.1, 0.15) is 5.60 Å². The van der Waals surface area contributed by atoms with Crippen molar-refractivity contribution in [2.75, 3.05) is 6.61 Å². The van der Waals surface area contributed by atoms with Gasteiger partial charge in [-0.05, 0) is 25.7 Å². The van der Waals surface area contributed by atoms with Crippen molar-refractivity contribution in [2.24, 2.45) is 11.3 Å². The Morgan fingerprint density at radius 2 is 2.16 bits per heavy atom. The van der Waals surface area contributed by atoms with Crippen molar-refractivity contribution in [2.45, 2.75) is 52.6 Å². The molecule has 19 heavy (non-hydrogen) atoms. The van der Waals surface area contributed by atoms with Gasteiger partial charge in [0.05, 0.1) is 17.9 Å². The van der Waals surface area contributed by atoms with Gasteiger partial charge in [-0.15, -0.1) is 0 Å². The molecule has 1 aliphatic carbocycles. The van der Waals surface area contributed by atoms with Crippen LogP contribution in [0.25, 0.3) is 0 Å². The van der Waals surface area contributed by atoms with Crippen molar-refractivity contribution in [3.8, 4) is 6.07 Å². The van der Waals surface area contributed by atoms with Crippen LogP contribution in [0.4, 0.5) is 0 Å². The van der Waals surface area contributed by atoms with Crippen molar-refractivity contribution < 1.29 is 9.26 Å². The van der Waals surface area contributed by atoms with Crippen molar-refractivity contribution in [3.63, 3.8) is 0 Å². The number of nitrogens with zero attached hydrogens (tertiary/aromatic N) is 3. The average molecular weight is 263 g/mol. The fraction of sp³-hybridized carbons (Fsp3) is 0.786. The lowest BCUT2D eigenvalue weighted by atomic mass is 10.0. The van der Waals surface area contributed by atoms with Crippen LogP contribution < -0.4 is 0 Å². The van der Waals surface area contributed by atoms with E-state index in [4.69, 9.17) is 14.5 Å². The third kappa shape index (κ3) is 2.14. The monoisotopic (exact) mass is 263 g/mol. The number of nitriles is 1. The summed E-state index contributed by atoms with van der Waals surface area (Å²) in [5.74, 6) is 1.14. The molecule has 0 aromatic carbocycles. The zero-order chi connectivity index (χ0) is 14.3. The Kier molecular flexibility index (Phi) is 3.40. The van der Waals surface area contributed by atoms with E-state index in [1.165, 1.54) is 0 Å². The molecule has 0 amide bonds. The maximum absolute atomic E-state index is 9.11. The first-order valence-electron chi connectivity index (χ1n) is 6.78. The van der Waals surface area contributed by atoms with Crippen molar-refractivity contribution >= 4 is 0 Å². The molecule has 104 valence electrons. The van der Waals surface area contributed by atoms with Crippen LogP contribution in [0.1, 0.15) is 58.7 Å². The quantitative estimate of drug-likeness (QED) is 0.816. The van der Waals surface area contributed by atoms with Crippen LogP contribution in [0.2, 0.25) is 0 Å². The molecule has 1 aromatic rings.